The van der Waals surface area contributed by atoms with E-state index in [1.54, 1.807) is 0 Å². The second kappa shape index (κ2) is 6.22. The molecule has 1 unspecified atom stereocenters. The summed E-state index contributed by atoms with van der Waals surface area (Å²) in [5, 5.41) is 7.10. The van der Waals surface area contributed by atoms with Crippen LogP contribution in [0.25, 0.3) is 0 Å². The average molecular weight is 299 g/mol. The second-order valence-electron chi connectivity index (χ2n) is 5.96. The molecule has 1 aliphatic rings. The van der Waals surface area contributed by atoms with Gasteiger partial charge in [-0.05, 0) is 25.0 Å². The van der Waals surface area contributed by atoms with E-state index in [9.17, 15) is 4.79 Å². The molecule has 2 heterocycles. The van der Waals surface area contributed by atoms with Gasteiger partial charge in [0.05, 0.1) is 6.04 Å². The van der Waals surface area contributed by atoms with Crippen molar-refractivity contribution in [1.82, 2.24) is 10.1 Å². The molecule has 5 heteroatoms. The van der Waals surface area contributed by atoms with Crippen molar-refractivity contribution in [1.29, 1.82) is 0 Å². The van der Waals surface area contributed by atoms with E-state index < -0.39 is 0 Å². The number of hydrogen-bond donors (Lipinski definition) is 1. The number of carbonyl (C=O) groups is 1. The fraction of sp³-hybridized carbons (Fsp3) is 0.412. The number of anilines is 1. The molecule has 1 aliphatic heterocycles. The summed E-state index contributed by atoms with van der Waals surface area (Å²) in [6.45, 7) is 4.88. The van der Waals surface area contributed by atoms with Crippen LogP contribution in [0, 0.1) is 0 Å². The Labute approximate surface area is 130 Å². The standard InChI is InChI=1S/C17H21N3O2/c1-12(2)16-11-14(19-22-16)15-9-6-10-20(15)17(21)18-13-7-4-3-5-8-13/h3-5,7-8,11-12,15H,6,9-10H2,1-2H3,(H,18,21). The highest BCUT2D eigenvalue weighted by molar-refractivity contribution is 5.89. The lowest BCUT2D eigenvalue weighted by atomic mass is 10.1. The van der Waals surface area contributed by atoms with Gasteiger partial charge in [0.2, 0.25) is 0 Å². The van der Waals surface area contributed by atoms with Gasteiger partial charge in [0.1, 0.15) is 11.5 Å². The molecule has 0 spiro atoms. The van der Waals surface area contributed by atoms with Crippen LogP contribution in [0.3, 0.4) is 0 Å². The number of benzene rings is 1. The van der Waals surface area contributed by atoms with Crippen molar-refractivity contribution < 1.29 is 9.32 Å². The normalized spacial score (nSPS) is 18.0. The molecular weight excluding hydrogens is 278 g/mol. The van der Waals surface area contributed by atoms with Crippen LogP contribution in [0.5, 0.6) is 0 Å². The van der Waals surface area contributed by atoms with Gasteiger partial charge in [0.15, 0.2) is 0 Å². The maximum atomic E-state index is 12.5. The summed E-state index contributed by atoms with van der Waals surface area (Å²) in [6, 6.07) is 11.4. The van der Waals surface area contributed by atoms with Gasteiger partial charge in [-0.1, -0.05) is 37.2 Å². The smallest absolute Gasteiger partial charge is 0.322 e. The van der Waals surface area contributed by atoms with Gasteiger partial charge in [-0.15, -0.1) is 0 Å². The summed E-state index contributed by atoms with van der Waals surface area (Å²) in [5.74, 6) is 1.17. The van der Waals surface area contributed by atoms with Gasteiger partial charge in [0, 0.05) is 24.2 Å². The molecular formula is C17H21N3O2. The van der Waals surface area contributed by atoms with Crippen LogP contribution in [-0.4, -0.2) is 22.6 Å². The quantitative estimate of drug-likeness (QED) is 0.925. The SMILES string of the molecule is CC(C)c1cc(C2CCCN2C(=O)Nc2ccccc2)no1. The van der Waals surface area contributed by atoms with Gasteiger partial charge in [0.25, 0.3) is 0 Å². The predicted octanol–water partition coefficient (Wildman–Crippen LogP) is 4.17. The number of nitrogens with one attached hydrogen (secondary N) is 1. The second-order valence-corrected chi connectivity index (χ2v) is 5.96. The largest absolute Gasteiger partial charge is 0.361 e. The van der Waals surface area contributed by atoms with E-state index in [0.717, 1.165) is 36.5 Å². The van der Waals surface area contributed by atoms with E-state index in [4.69, 9.17) is 4.52 Å². The average Bonchev–Trinajstić information content (AvgIpc) is 3.17. The van der Waals surface area contributed by atoms with Crippen molar-refractivity contribution in [3.63, 3.8) is 0 Å². The Hall–Kier alpha value is -2.30. The molecule has 116 valence electrons. The Bertz CT molecular complexity index is 636. The fourth-order valence-corrected chi connectivity index (χ4v) is 2.77. The van der Waals surface area contributed by atoms with Crippen molar-refractivity contribution in [2.75, 3.05) is 11.9 Å². The Balaban J connectivity index is 1.73. The zero-order chi connectivity index (χ0) is 15.5. The lowest BCUT2D eigenvalue weighted by molar-refractivity contribution is 0.204. The topological polar surface area (TPSA) is 58.4 Å². The molecule has 2 amide bonds. The number of nitrogens with zero attached hydrogens (tertiary/aromatic N) is 2. The van der Waals surface area contributed by atoms with Crippen molar-refractivity contribution in [3.8, 4) is 0 Å². The first kappa shape index (κ1) is 14.6. The number of para-hydroxylation sites is 1. The van der Waals surface area contributed by atoms with Crippen LogP contribution in [-0.2, 0) is 0 Å². The number of carbonyl (C=O) groups excluding carboxylic acids is 1. The zero-order valence-electron chi connectivity index (χ0n) is 13.0. The van der Waals surface area contributed by atoms with E-state index in [-0.39, 0.29) is 12.1 Å². The first-order chi connectivity index (χ1) is 10.6. The molecule has 22 heavy (non-hydrogen) atoms. The summed E-state index contributed by atoms with van der Waals surface area (Å²) in [6.07, 6.45) is 1.91. The first-order valence-corrected chi connectivity index (χ1v) is 7.74. The minimum Gasteiger partial charge on any atom is -0.361 e. The molecule has 0 aliphatic carbocycles. The minimum absolute atomic E-state index is 0.0000350. The number of hydrogen-bond acceptors (Lipinski definition) is 3. The fourth-order valence-electron chi connectivity index (χ4n) is 2.77. The molecule has 0 bridgehead atoms. The number of aromatic nitrogens is 1. The van der Waals surface area contributed by atoms with Gasteiger partial charge in [-0.2, -0.15) is 0 Å². The molecule has 0 saturated carbocycles. The molecule has 1 atom stereocenters. The summed E-state index contributed by atoms with van der Waals surface area (Å²) in [5.41, 5.74) is 1.66. The van der Waals surface area contributed by atoms with Crippen LogP contribution in [0.2, 0.25) is 0 Å². The van der Waals surface area contributed by atoms with Gasteiger partial charge in [-0.3, -0.25) is 0 Å². The molecule has 1 aromatic carbocycles. The molecule has 1 fully saturated rings. The Morgan fingerprint density at radius 1 is 1.36 bits per heavy atom. The molecule has 1 aromatic heterocycles. The Morgan fingerprint density at radius 2 is 2.14 bits per heavy atom. The van der Waals surface area contributed by atoms with Crippen molar-refractivity contribution in [2.45, 2.75) is 38.6 Å². The number of amides is 2. The van der Waals surface area contributed by atoms with Crippen LogP contribution in [0.1, 0.15) is 50.1 Å². The highest BCUT2D eigenvalue weighted by Crippen LogP contribution is 2.33. The number of urea groups is 1. The highest BCUT2D eigenvalue weighted by atomic mass is 16.5. The van der Waals surface area contributed by atoms with E-state index in [2.05, 4.69) is 24.3 Å². The summed E-state index contributed by atoms with van der Waals surface area (Å²) < 4.78 is 5.38. The van der Waals surface area contributed by atoms with E-state index >= 15 is 0 Å². The third-order valence-electron chi connectivity index (χ3n) is 4.00. The molecule has 5 nitrogen and oxygen atoms in total. The third-order valence-corrected chi connectivity index (χ3v) is 4.00. The maximum absolute atomic E-state index is 12.5. The van der Waals surface area contributed by atoms with Crippen LogP contribution in [0.15, 0.2) is 40.9 Å². The number of rotatable bonds is 3. The number of likely N-dealkylation sites (tertiary alicyclic amines) is 1. The van der Waals surface area contributed by atoms with Gasteiger partial charge >= 0.3 is 6.03 Å². The predicted molar refractivity (Wildman–Crippen MR) is 84.7 cm³/mol. The lowest BCUT2D eigenvalue weighted by Gasteiger charge is -2.23. The Kier molecular flexibility index (Phi) is 4.13. The maximum Gasteiger partial charge on any atom is 0.322 e. The summed E-state index contributed by atoms with van der Waals surface area (Å²) in [4.78, 5) is 14.3. The summed E-state index contributed by atoms with van der Waals surface area (Å²) >= 11 is 0. The first-order valence-electron chi connectivity index (χ1n) is 7.74. The van der Waals surface area contributed by atoms with E-state index in [0.29, 0.717) is 5.92 Å². The molecule has 1 saturated heterocycles. The molecule has 1 N–H and O–H groups in total. The monoisotopic (exact) mass is 299 g/mol. The molecule has 3 rings (SSSR count). The minimum atomic E-state index is -0.0807. The third kappa shape index (κ3) is 2.98. The lowest BCUT2D eigenvalue weighted by Crippen LogP contribution is -2.34. The van der Waals surface area contributed by atoms with Crippen molar-refractivity contribution >= 4 is 11.7 Å². The Morgan fingerprint density at radius 3 is 2.82 bits per heavy atom. The highest BCUT2D eigenvalue weighted by Gasteiger charge is 2.32. The van der Waals surface area contributed by atoms with E-state index in [1.807, 2.05) is 41.3 Å². The van der Waals surface area contributed by atoms with Crippen LogP contribution < -0.4 is 5.32 Å². The van der Waals surface area contributed by atoms with Crippen molar-refractivity contribution in [2.24, 2.45) is 0 Å². The van der Waals surface area contributed by atoms with Crippen molar-refractivity contribution in [3.05, 3.63) is 47.9 Å². The molecule has 2 aromatic rings. The van der Waals surface area contributed by atoms with Crippen LogP contribution in [0.4, 0.5) is 10.5 Å². The summed E-state index contributed by atoms with van der Waals surface area (Å²) in [7, 11) is 0. The zero-order valence-corrected chi connectivity index (χ0v) is 13.0. The molecule has 0 radical (unpaired) electrons. The van der Waals surface area contributed by atoms with E-state index in [1.165, 1.54) is 0 Å². The van der Waals surface area contributed by atoms with Gasteiger partial charge in [-0.25, -0.2) is 4.79 Å². The van der Waals surface area contributed by atoms with Gasteiger partial charge < -0.3 is 14.7 Å². The van der Waals surface area contributed by atoms with Crippen LogP contribution >= 0.6 is 0 Å².